The number of hydrogen-bond donors (Lipinski definition) is 1. The number of benzene rings is 1. The van der Waals surface area contributed by atoms with Gasteiger partial charge in [-0.25, -0.2) is 0 Å². The van der Waals surface area contributed by atoms with Crippen molar-refractivity contribution in [3.05, 3.63) is 22.2 Å². The molecule has 1 fully saturated rings. The summed E-state index contributed by atoms with van der Waals surface area (Å²) in [6.45, 7) is 1.83. The highest BCUT2D eigenvalue weighted by Gasteiger charge is 2.55. The van der Waals surface area contributed by atoms with Crippen LogP contribution in [0.5, 0.6) is 11.5 Å². The number of halogens is 1. The lowest BCUT2D eigenvalue weighted by Crippen LogP contribution is -2.21. The number of ether oxygens (including phenoxy) is 2. The summed E-state index contributed by atoms with van der Waals surface area (Å²) in [4.78, 5) is 11.5. The molecule has 0 bridgehead atoms. The van der Waals surface area contributed by atoms with Gasteiger partial charge >= 0.3 is 5.97 Å². The lowest BCUT2D eigenvalue weighted by Gasteiger charge is -2.20. The molecule has 1 saturated carbocycles. The van der Waals surface area contributed by atoms with Gasteiger partial charge in [-0.3, -0.25) is 4.79 Å². The number of carbonyl (C=O) groups is 1. The first-order chi connectivity index (χ1) is 8.47. The summed E-state index contributed by atoms with van der Waals surface area (Å²) in [5, 5.41) is 9.85. The van der Waals surface area contributed by atoms with Crippen LogP contribution in [-0.2, 0) is 10.2 Å². The first kappa shape index (κ1) is 13.0. The SMILES string of the molecule is COc1cc(C)c(Cl)c(C2(C(=O)O)CC2)c1OC. The normalized spacial score (nSPS) is 16.2. The first-order valence-electron chi connectivity index (χ1n) is 5.63. The van der Waals surface area contributed by atoms with E-state index in [-0.39, 0.29) is 0 Å². The standard InChI is InChI=1S/C13H15ClO4/c1-7-6-8(17-2)11(18-3)9(10(7)14)13(4-5-13)12(15)16/h6H,4-5H2,1-3H3,(H,15,16). The van der Waals surface area contributed by atoms with Gasteiger partial charge in [-0.1, -0.05) is 11.6 Å². The van der Waals surface area contributed by atoms with Crippen molar-refractivity contribution in [2.24, 2.45) is 0 Å². The summed E-state index contributed by atoms with van der Waals surface area (Å²) in [6.07, 6.45) is 1.15. The molecule has 1 aliphatic carbocycles. The van der Waals surface area contributed by atoms with Gasteiger partial charge in [0, 0.05) is 5.56 Å². The van der Waals surface area contributed by atoms with Crippen molar-refractivity contribution < 1.29 is 19.4 Å². The molecule has 0 spiro atoms. The second-order valence-corrected chi connectivity index (χ2v) is 4.88. The Morgan fingerprint density at radius 3 is 2.39 bits per heavy atom. The Morgan fingerprint density at radius 2 is 2.00 bits per heavy atom. The van der Waals surface area contributed by atoms with Gasteiger partial charge in [0.25, 0.3) is 0 Å². The number of aryl methyl sites for hydroxylation is 1. The molecule has 0 amide bonds. The van der Waals surface area contributed by atoms with E-state index in [1.165, 1.54) is 14.2 Å². The molecule has 0 unspecified atom stereocenters. The number of hydrogen-bond acceptors (Lipinski definition) is 3. The Morgan fingerprint density at radius 1 is 1.39 bits per heavy atom. The van der Waals surface area contributed by atoms with Crippen molar-refractivity contribution in [1.29, 1.82) is 0 Å². The lowest BCUT2D eigenvalue weighted by atomic mass is 9.93. The van der Waals surface area contributed by atoms with Crippen LogP contribution in [-0.4, -0.2) is 25.3 Å². The maximum Gasteiger partial charge on any atom is 0.314 e. The fourth-order valence-electron chi connectivity index (χ4n) is 2.22. The molecule has 1 aromatic rings. The number of methoxy groups -OCH3 is 2. The smallest absolute Gasteiger partial charge is 0.314 e. The minimum atomic E-state index is -0.915. The molecule has 1 aromatic carbocycles. The van der Waals surface area contributed by atoms with E-state index in [2.05, 4.69) is 0 Å². The van der Waals surface area contributed by atoms with Gasteiger partial charge in [0.15, 0.2) is 11.5 Å². The summed E-state index contributed by atoms with van der Waals surface area (Å²) in [5.41, 5.74) is 0.412. The van der Waals surface area contributed by atoms with Crippen molar-refractivity contribution in [2.45, 2.75) is 25.2 Å². The zero-order chi connectivity index (χ0) is 13.5. The highest BCUT2D eigenvalue weighted by atomic mass is 35.5. The Bertz CT molecular complexity index is 506. The Kier molecular flexibility index (Phi) is 3.15. The highest BCUT2D eigenvalue weighted by Crippen LogP contribution is 2.56. The Balaban J connectivity index is 2.72. The van der Waals surface area contributed by atoms with Crippen molar-refractivity contribution in [3.8, 4) is 11.5 Å². The molecular formula is C13H15ClO4. The second kappa shape index (κ2) is 4.35. The monoisotopic (exact) mass is 270 g/mol. The molecule has 0 saturated heterocycles. The third-order valence-electron chi connectivity index (χ3n) is 3.43. The zero-order valence-corrected chi connectivity index (χ0v) is 11.3. The average Bonchev–Trinajstić information content (AvgIpc) is 3.12. The quantitative estimate of drug-likeness (QED) is 0.914. The second-order valence-electron chi connectivity index (χ2n) is 4.51. The van der Waals surface area contributed by atoms with E-state index in [1.54, 1.807) is 6.07 Å². The van der Waals surface area contributed by atoms with Gasteiger partial charge < -0.3 is 14.6 Å². The van der Waals surface area contributed by atoms with Crippen molar-refractivity contribution >= 4 is 17.6 Å². The number of aliphatic carboxylic acids is 1. The molecule has 4 nitrogen and oxygen atoms in total. The van der Waals surface area contributed by atoms with E-state index in [4.69, 9.17) is 21.1 Å². The summed E-state index contributed by atoms with van der Waals surface area (Å²) in [6, 6.07) is 1.75. The maximum atomic E-state index is 11.5. The molecule has 98 valence electrons. The largest absolute Gasteiger partial charge is 0.493 e. The molecule has 0 aromatic heterocycles. The number of carboxylic acid groups (broad SMARTS) is 1. The van der Waals surface area contributed by atoms with E-state index in [0.717, 1.165) is 5.56 Å². The topological polar surface area (TPSA) is 55.8 Å². The van der Waals surface area contributed by atoms with Crippen LogP contribution in [0.1, 0.15) is 24.0 Å². The van der Waals surface area contributed by atoms with Gasteiger partial charge in [0.1, 0.15) is 0 Å². The minimum Gasteiger partial charge on any atom is -0.493 e. The number of carboxylic acids is 1. The molecule has 0 atom stereocenters. The fraction of sp³-hybridized carbons (Fsp3) is 0.462. The lowest BCUT2D eigenvalue weighted by molar-refractivity contribution is -0.140. The van der Waals surface area contributed by atoms with Crippen LogP contribution >= 0.6 is 11.6 Å². The van der Waals surface area contributed by atoms with E-state index in [0.29, 0.717) is 34.9 Å². The summed E-state index contributed by atoms with van der Waals surface area (Å²) in [7, 11) is 3.01. The highest BCUT2D eigenvalue weighted by molar-refractivity contribution is 6.33. The van der Waals surface area contributed by atoms with Crippen LogP contribution < -0.4 is 9.47 Å². The van der Waals surface area contributed by atoms with Crippen molar-refractivity contribution in [1.82, 2.24) is 0 Å². The van der Waals surface area contributed by atoms with Crippen molar-refractivity contribution in [2.75, 3.05) is 14.2 Å². The summed E-state index contributed by atoms with van der Waals surface area (Å²) >= 11 is 6.28. The Labute approximate surface area is 110 Å². The zero-order valence-electron chi connectivity index (χ0n) is 10.5. The van der Waals surface area contributed by atoms with E-state index < -0.39 is 11.4 Å². The van der Waals surface area contributed by atoms with E-state index >= 15 is 0 Å². The average molecular weight is 271 g/mol. The molecule has 2 rings (SSSR count). The minimum absolute atomic E-state index is 0.424. The summed E-state index contributed by atoms with van der Waals surface area (Å²) in [5.74, 6) is 0.0743. The van der Waals surface area contributed by atoms with Crippen LogP contribution in [0, 0.1) is 6.92 Å². The first-order valence-corrected chi connectivity index (χ1v) is 6.00. The Hall–Kier alpha value is -1.42. The van der Waals surface area contributed by atoms with E-state index in [9.17, 15) is 9.90 Å². The number of rotatable bonds is 4. The predicted octanol–water partition coefficient (Wildman–Crippen LogP) is 2.78. The van der Waals surface area contributed by atoms with E-state index in [1.807, 2.05) is 6.92 Å². The molecule has 1 N–H and O–H groups in total. The molecule has 0 radical (unpaired) electrons. The predicted molar refractivity (Wildman–Crippen MR) is 67.8 cm³/mol. The van der Waals surface area contributed by atoms with Gasteiger partial charge in [0.05, 0.1) is 24.7 Å². The van der Waals surface area contributed by atoms with Crippen LogP contribution in [0.25, 0.3) is 0 Å². The third-order valence-corrected chi connectivity index (χ3v) is 3.91. The third kappa shape index (κ3) is 1.72. The fourth-order valence-corrected chi connectivity index (χ4v) is 2.54. The van der Waals surface area contributed by atoms with Crippen LogP contribution in [0.4, 0.5) is 0 Å². The molecule has 0 heterocycles. The molecule has 0 aliphatic heterocycles. The van der Waals surface area contributed by atoms with Crippen LogP contribution in [0.15, 0.2) is 6.07 Å². The maximum absolute atomic E-state index is 11.5. The van der Waals surface area contributed by atoms with Crippen LogP contribution in [0.3, 0.4) is 0 Å². The molecule has 5 heteroatoms. The van der Waals surface area contributed by atoms with Gasteiger partial charge in [-0.2, -0.15) is 0 Å². The van der Waals surface area contributed by atoms with Crippen LogP contribution in [0.2, 0.25) is 5.02 Å². The summed E-state index contributed by atoms with van der Waals surface area (Å²) < 4.78 is 10.5. The molecular weight excluding hydrogens is 256 g/mol. The van der Waals surface area contributed by atoms with Gasteiger partial charge in [0.2, 0.25) is 0 Å². The van der Waals surface area contributed by atoms with Gasteiger partial charge in [-0.05, 0) is 31.4 Å². The molecule has 1 aliphatic rings. The van der Waals surface area contributed by atoms with Gasteiger partial charge in [-0.15, -0.1) is 0 Å². The molecule has 18 heavy (non-hydrogen) atoms. The van der Waals surface area contributed by atoms with Crippen molar-refractivity contribution in [3.63, 3.8) is 0 Å².